The van der Waals surface area contributed by atoms with Crippen molar-refractivity contribution < 1.29 is 4.79 Å². The predicted octanol–water partition coefficient (Wildman–Crippen LogP) is 3.23. The Bertz CT molecular complexity index is 470. The van der Waals surface area contributed by atoms with Crippen molar-refractivity contribution in [1.29, 1.82) is 0 Å². The maximum absolute atomic E-state index is 11.9. The van der Waals surface area contributed by atoms with Gasteiger partial charge in [-0.3, -0.25) is 4.79 Å². The Morgan fingerprint density at radius 2 is 2.21 bits per heavy atom. The Hall–Kier alpha value is -1.22. The first-order valence-corrected chi connectivity index (χ1v) is 7.87. The van der Waals surface area contributed by atoms with Crippen molar-refractivity contribution in [3.05, 3.63) is 41.5 Å². The number of carbonyl (C=O) groups excluding carboxylic acids is 1. The van der Waals surface area contributed by atoms with Gasteiger partial charge in [-0.2, -0.15) is 0 Å². The molecule has 0 heterocycles. The summed E-state index contributed by atoms with van der Waals surface area (Å²) >= 11 is 1.75. The molecule has 0 spiro atoms. The van der Waals surface area contributed by atoms with Gasteiger partial charge in [-0.05, 0) is 24.0 Å². The van der Waals surface area contributed by atoms with Crippen molar-refractivity contribution in [3.63, 3.8) is 0 Å². The van der Waals surface area contributed by atoms with Gasteiger partial charge >= 0.3 is 0 Å². The molecule has 1 aromatic carbocycles. The number of fused-ring (bicyclic) bond motifs is 1. The van der Waals surface area contributed by atoms with Gasteiger partial charge in [0.25, 0.3) is 0 Å². The summed E-state index contributed by atoms with van der Waals surface area (Å²) in [7, 11) is 1.89. The van der Waals surface area contributed by atoms with Gasteiger partial charge in [0.2, 0.25) is 5.91 Å². The molecule has 3 heteroatoms. The predicted molar refractivity (Wildman–Crippen MR) is 83.4 cm³/mol. The smallest absolute Gasteiger partial charge is 0.232 e. The van der Waals surface area contributed by atoms with E-state index in [0.717, 1.165) is 19.4 Å². The molecule has 0 aromatic heterocycles. The summed E-state index contributed by atoms with van der Waals surface area (Å²) in [6, 6.07) is 8.48. The van der Waals surface area contributed by atoms with Crippen LogP contribution in [0.15, 0.2) is 30.3 Å². The fourth-order valence-corrected chi connectivity index (χ4v) is 3.31. The summed E-state index contributed by atoms with van der Waals surface area (Å²) < 4.78 is 0. The first-order chi connectivity index (χ1) is 9.20. The van der Waals surface area contributed by atoms with E-state index >= 15 is 0 Å². The minimum Gasteiger partial charge on any atom is -0.345 e. The van der Waals surface area contributed by atoms with Crippen molar-refractivity contribution in [1.82, 2.24) is 4.90 Å². The lowest BCUT2D eigenvalue weighted by molar-refractivity contribution is -0.127. The molecule has 0 aliphatic heterocycles. The molecule has 0 saturated heterocycles. The third-order valence-electron chi connectivity index (χ3n) is 3.37. The molecule has 1 aliphatic carbocycles. The highest BCUT2D eigenvalue weighted by molar-refractivity contribution is 8.00. The number of nitrogens with zero attached hydrogens (tertiary/aromatic N) is 1. The lowest BCUT2D eigenvalue weighted by Crippen LogP contribution is -2.29. The van der Waals surface area contributed by atoms with E-state index in [1.54, 1.807) is 11.8 Å². The second-order valence-electron chi connectivity index (χ2n) is 4.93. The van der Waals surface area contributed by atoms with Crippen LogP contribution in [0, 0.1) is 0 Å². The van der Waals surface area contributed by atoms with Gasteiger partial charge in [0.05, 0.1) is 5.75 Å². The molecular formula is C16H21NOS. The van der Waals surface area contributed by atoms with E-state index in [-0.39, 0.29) is 5.91 Å². The molecule has 1 aliphatic rings. The monoisotopic (exact) mass is 275 g/mol. The molecule has 2 nitrogen and oxygen atoms in total. The first-order valence-electron chi connectivity index (χ1n) is 6.82. The molecular weight excluding hydrogens is 254 g/mol. The standard InChI is InChI=1S/C16H21NOS/c1-3-10-17(2)16(18)12-19-15-9-8-13-6-4-5-7-14(13)11-15/h4-9,15H,3,10-12H2,1-2H3. The van der Waals surface area contributed by atoms with Gasteiger partial charge in [0.15, 0.2) is 0 Å². The highest BCUT2D eigenvalue weighted by Gasteiger charge is 2.16. The highest BCUT2D eigenvalue weighted by Crippen LogP contribution is 2.26. The number of rotatable bonds is 5. The molecule has 0 saturated carbocycles. The van der Waals surface area contributed by atoms with Crippen LogP contribution >= 0.6 is 11.8 Å². The normalized spacial score (nSPS) is 17.1. The topological polar surface area (TPSA) is 20.3 Å². The van der Waals surface area contributed by atoms with E-state index in [1.165, 1.54) is 11.1 Å². The number of hydrogen-bond donors (Lipinski definition) is 0. The molecule has 102 valence electrons. The van der Waals surface area contributed by atoms with E-state index in [2.05, 4.69) is 43.3 Å². The average Bonchev–Trinajstić information content (AvgIpc) is 2.44. The van der Waals surface area contributed by atoms with Gasteiger partial charge < -0.3 is 4.90 Å². The Morgan fingerprint density at radius 1 is 1.42 bits per heavy atom. The van der Waals surface area contributed by atoms with Crippen LogP contribution in [0.25, 0.3) is 6.08 Å². The van der Waals surface area contributed by atoms with Gasteiger partial charge in [0.1, 0.15) is 0 Å². The summed E-state index contributed by atoms with van der Waals surface area (Å²) in [4.78, 5) is 13.7. The quantitative estimate of drug-likeness (QED) is 0.822. The lowest BCUT2D eigenvalue weighted by atomic mass is 9.97. The van der Waals surface area contributed by atoms with Gasteiger partial charge in [-0.1, -0.05) is 43.3 Å². The van der Waals surface area contributed by atoms with E-state index in [0.29, 0.717) is 11.0 Å². The fourth-order valence-electron chi connectivity index (χ4n) is 2.24. The maximum atomic E-state index is 11.9. The van der Waals surface area contributed by atoms with Crippen LogP contribution in [0.2, 0.25) is 0 Å². The molecule has 0 radical (unpaired) electrons. The van der Waals surface area contributed by atoms with Gasteiger partial charge in [-0.25, -0.2) is 0 Å². The van der Waals surface area contributed by atoms with E-state index < -0.39 is 0 Å². The van der Waals surface area contributed by atoms with Crippen molar-refractivity contribution in [2.24, 2.45) is 0 Å². The second-order valence-corrected chi connectivity index (χ2v) is 6.15. The average molecular weight is 275 g/mol. The Kier molecular flexibility index (Phi) is 5.08. The fraction of sp³-hybridized carbons (Fsp3) is 0.438. The Morgan fingerprint density at radius 3 is 3.00 bits per heavy atom. The molecule has 1 atom stereocenters. The largest absolute Gasteiger partial charge is 0.345 e. The van der Waals surface area contributed by atoms with Crippen LogP contribution < -0.4 is 0 Å². The van der Waals surface area contributed by atoms with Crippen molar-refractivity contribution in [2.45, 2.75) is 25.0 Å². The molecule has 0 bridgehead atoms. The summed E-state index contributed by atoms with van der Waals surface area (Å²) in [5, 5.41) is 0.425. The van der Waals surface area contributed by atoms with Gasteiger partial charge in [-0.15, -0.1) is 11.8 Å². The lowest BCUT2D eigenvalue weighted by Gasteiger charge is -2.20. The highest BCUT2D eigenvalue weighted by atomic mass is 32.2. The number of amides is 1. The third-order valence-corrected chi connectivity index (χ3v) is 4.54. The maximum Gasteiger partial charge on any atom is 0.232 e. The van der Waals surface area contributed by atoms with Crippen LogP contribution in [0.3, 0.4) is 0 Å². The van der Waals surface area contributed by atoms with Crippen molar-refractivity contribution in [3.8, 4) is 0 Å². The minimum atomic E-state index is 0.235. The van der Waals surface area contributed by atoms with Crippen LogP contribution in [-0.2, 0) is 11.2 Å². The molecule has 0 N–H and O–H groups in total. The summed E-state index contributed by atoms with van der Waals surface area (Å²) in [6.07, 6.45) is 6.45. The molecule has 0 fully saturated rings. The van der Waals surface area contributed by atoms with Crippen LogP contribution in [0.5, 0.6) is 0 Å². The number of hydrogen-bond acceptors (Lipinski definition) is 2. The molecule has 19 heavy (non-hydrogen) atoms. The molecule has 1 amide bonds. The second kappa shape index (κ2) is 6.80. The zero-order chi connectivity index (χ0) is 13.7. The first kappa shape index (κ1) is 14.2. The van der Waals surface area contributed by atoms with Crippen LogP contribution in [0.4, 0.5) is 0 Å². The van der Waals surface area contributed by atoms with Crippen molar-refractivity contribution in [2.75, 3.05) is 19.3 Å². The summed E-state index contributed by atoms with van der Waals surface area (Å²) in [5.41, 5.74) is 2.70. The van der Waals surface area contributed by atoms with E-state index in [1.807, 2.05) is 11.9 Å². The number of carbonyl (C=O) groups is 1. The number of benzene rings is 1. The molecule has 1 aromatic rings. The summed E-state index contributed by atoms with van der Waals surface area (Å²) in [5.74, 6) is 0.812. The Balaban J connectivity index is 1.85. The Labute approximate surface area is 119 Å². The molecule has 1 unspecified atom stereocenters. The third kappa shape index (κ3) is 3.87. The van der Waals surface area contributed by atoms with Crippen molar-refractivity contribution >= 4 is 23.7 Å². The van der Waals surface area contributed by atoms with E-state index in [4.69, 9.17) is 0 Å². The van der Waals surface area contributed by atoms with Gasteiger partial charge in [0, 0.05) is 18.8 Å². The number of thioether (sulfide) groups is 1. The minimum absolute atomic E-state index is 0.235. The molecule has 2 rings (SSSR count). The van der Waals surface area contributed by atoms with Crippen LogP contribution in [-0.4, -0.2) is 35.4 Å². The van der Waals surface area contributed by atoms with Crippen LogP contribution in [0.1, 0.15) is 24.5 Å². The summed E-state index contributed by atoms with van der Waals surface area (Å²) in [6.45, 7) is 2.94. The SMILES string of the molecule is CCCN(C)C(=O)CSC1C=Cc2ccccc2C1. The zero-order valence-corrected chi connectivity index (χ0v) is 12.5. The zero-order valence-electron chi connectivity index (χ0n) is 11.6. The van der Waals surface area contributed by atoms with E-state index in [9.17, 15) is 4.79 Å².